The van der Waals surface area contributed by atoms with Crippen LogP contribution >= 0.6 is 0 Å². The zero-order valence-corrected chi connectivity index (χ0v) is 11.8. The molecule has 0 bridgehead atoms. The van der Waals surface area contributed by atoms with Gasteiger partial charge in [0, 0.05) is 31.4 Å². The largest absolute Gasteiger partial charge is 0.390 e. The van der Waals surface area contributed by atoms with Gasteiger partial charge in [-0.05, 0) is 30.5 Å². The second kappa shape index (κ2) is 5.49. The molecule has 106 valence electrons. The highest BCUT2D eigenvalue weighted by atomic mass is 16.3. The van der Waals surface area contributed by atoms with E-state index in [4.69, 9.17) is 0 Å². The van der Waals surface area contributed by atoms with Crippen LogP contribution in [0.15, 0.2) is 41.7 Å². The fourth-order valence-corrected chi connectivity index (χ4v) is 3.54. The Morgan fingerprint density at radius 3 is 2.70 bits per heavy atom. The Bertz CT molecular complexity index is 489. The quantitative estimate of drug-likeness (QED) is 0.913. The summed E-state index contributed by atoms with van der Waals surface area (Å²) in [6, 6.07) is 4.04. The lowest BCUT2D eigenvalue weighted by Crippen LogP contribution is -2.41. The maximum absolute atomic E-state index is 10.9. The minimum absolute atomic E-state index is 0.283. The van der Waals surface area contributed by atoms with Gasteiger partial charge in [0.2, 0.25) is 0 Å². The van der Waals surface area contributed by atoms with E-state index in [9.17, 15) is 5.11 Å². The van der Waals surface area contributed by atoms with Crippen molar-refractivity contribution in [3.8, 4) is 0 Å². The third kappa shape index (κ3) is 2.98. The van der Waals surface area contributed by atoms with Gasteiger partial charge in [-0.2, -0.15) is 0 Å². The molecule has 1 N–H and O–H groups in total. The SMILES string of the molecule is OC1(CC2(Cc3cccnc3)C=CC=N2)CCCCC1. The molecule has 2 aliphatic rings. The van der Waals surface area contributed by atoms with E-state index in [-0.39, 0.29) is 5.54 Å². The molecule has 0 spiro atoms. The molecule has 2 heterocycles. The Balaban J connectivity index is 1.78. The van der Waals surface area contributed by atoms with Crippen LogP contribution in [0.3, 0.4) is 0 Å². The predicted molar refractivity (Wildman–Crippen MR) is 81.0 cm³/mol. The summed E-state index contributed by atoms with van der Waals surface area (Å²) in [5, 5.41) is 10.9. The second-order valence-electron chi connectivity index (χ2n) is 6.24. The summed E-state index contributed by atoms with van der Waals surface area (Å²) in [5.74, 6) is 0. The highest BCUT2D eigenvalue weighted by Crippen LogP contribution is 2.39. The van der Waals surface area contributed by atoms with Crippen LogP contribution < -0.4 is 0 Å². The Morgan fingerprint density at radius 2 is 2.05 bits per heavy atom. The number of aromatic nitrogens is 1. The van der Waals surface area contributed by atoms with Crippen molar-refractivity contribution in [3.63, 3.8) is 0 Å². The van der Waals surface area contributed by atoms with Crippen LogP contribution in [0.1, 0.15) is 44.1 Å². The molecule has 1 aliphatic carbocycles. The van der Waals surface area contributed by atoms with E-state index >= 15 is 0 Å². The molecule has 1 unspecified atom stereocenters. The number of hydrogen-bond acceptors (Lipinski definition) is 3. The lowest BCUT2D eigenvalue weighted by atomic mass is 9.74. The van der Waals surface area contributed by atoms with Crippen molar-refractivity contribution >= 4 is 6.21 Å². The Morgan fingerprint density at radius 1 is 1.20 bits per heavy atom. The summed E-state index contributed by atoms with van der Waals surface area (Å²) >= 11 is 0. The molecule has 0 aromatic carbocycles. The van der Waals surface area contributed by atoms with Gasteiger partial charge in [0.1, 0.15) is 0 Å². The number of aliphatic imine (C=N–C) groups is 1. The number of rotatable bonds is 4. The summed E-state index contributed by atoms with van der Waals surface area (Å²) in [7, 11) is 0. The Labute approximate surface area is 120 Å². The van der Waals surface area contributed by atoms with Crippen LogP contribution in [-0.4, -0.2) is 27.4 Å². The molecule has 1 atom stereocenters. The predicted octanol–water partition coefficient (Wildman–Crippen LogP) is 3.09. The fraction of sp³-hybridized carbons (Fsp3) is 0.529. The number of nitrogens with zero attached hydrogens (tertiary/aromatic N) is 2. The van der Waals surface area contributed by atoms with Crippen molar-refractivity contribution in [2.75, 3.05) is 0 Å². The summed E-state index contributed by atoms with van der Waals surface area (Å²) in [4.78, 5) is 8.86. The normalized spacial score (nSPS) is 27.9. The van der Waals surface area contributed by atoms with E-state index in [0.717, 1.165) is 38.5 Å². The molecule has 3 rings (SSSR count). The van der Waals surface area contributed by atoms with Crippen molar-refractivity contribution in [2.45, 2.75) is 56.1 Å². The van der Waals surface area contributed by atoms with Gasteiger partial charge >= 0.3 is 0 Å². The first-order valence-corrected chi connectivity index (χ1v) is 7.54. The number of allylic oxidation sites excluding steroid dienone is 1. The number of hydrogen-bond donors (Lipinski definition) is 1. The van der Waals surface area contributed by atoms with Gasteiger partial charge in [0.25, 0.3) is 0 Å². The van der Waals surface area contributed by atoms with E-state index < -0.39 is 5.60 Å². The summed E-state index contributed by atoms with van der Waals surface area (Å²) in [5.41, 5.74) is 0.345. The first-order chi connectivity index (χ1) is 9.70. The summed E-state index contributed by atoms with van der Waals surface area (Å²) in [6.45, 7) is 0. The zero-order valence-electron chi connectivity index (χ0n) is 11.8. The number of aliphatic hydroxyl groups is 1. The highest BCUT2D eigenvalue weighted by molar-refractivity contribution is 5.75. The van der Waals surface area contributed by atoms with Crippen molar-refractivity contribution in [1.82, 2.24) is 4.98 Å². The third-order valence-electron chi connectivity index (χ3n) is 4.48. The lowest BCUT2D eigenvalue weighted by Gasteiger charge is -2.38. The van der Waals surface area contributed by atoms with Crippen LogP contribution in [0, 0.1) is 0 Å². The fourth-order valence-electron chi connectivity index (χ4n) is 3.54. The van der Waals surface area contributed by atoms with Crippen LogP contribution in [0.2, 0.25) is 0 Å². The van der Waals surface area contributed by atoms with Gasteiger partial charge < -0.3 is 5.11 Å². The molecule has 1 saturated carbocycles. The third-order valence-corrected chi connectivity index (χ3v) is 4.48. The van der Waals surface area contributed by atoms with Crippen LogP contribution in [-0.2, 0) is 6.42 Å². The zero-order chi connectivity index (χ0) is 13.9. The van der Waals surface area contributed by atoms with E-state index in [2.05, 4.69) is 22.1 Å². The molecule has 1 aromatic heterocycles. The van der Waals surface area contributed by atoms with Crippen molar-refractivity contribution in [2.24, 2.45) is 4.99 Å². The monoisotopic (exact) mass is 270 g/mol. The minimum Gasteiger partial charge on any atom is -0.390 e. The maximum atomic E-state index is 10.9. The Kier molecular flexibility index (Phi) is 3.70. The molecular weight excluding hydrogens is 248 g/mol. The van der Waals surface area contributed by atoms with E-state index in [1.165, 1.54) is 12.0 Å². The van der Waals surface area contributed by atoms with Gasteiger partial charge in [0.05, 0.1) is 11.1 Å². The first-order valence-electron chi connectivity index (χ1n) is 7.54. The molecule has 0 radical (unpaired) electrons. The average molecular weight is 270 g/mol. The first kappa shape index (κ1) is 13.5. The molecule has 3 heteroatoms. The van der Waals surface area contributed by atoms with Crippen molar-refractivity contribution < 1.29 is 5.11 Å². The van der Waals surface area contributed by atoms with E-state index in [0.29, 0.717) is 0 Å². The van der Waals surface area contributed by atoms with Crippen molar-refractivity contribution in [1.29, 1.82) is 0 Å². The molecule has 3 nitrogen and oxygen atoms in total. The number of pyridine rings is 1. The molecular formula is C17H22N2O. The molecule has 1 aliphatic heterocycles. The van der Waals surface area contributed by atoms with Crippen LogP contribution in [0.5, 0.6) is 0 Å². The summed E-state index contributed by atoms with van der Waals surface area (Å²) < 4.78 is 0. The molecule has 20 heavy (non-hydrogen) atoms. The molecule has 0 saturated heterocycles. The van der Waals surface area contributed by atoms with Crippen LogP contribution in [0.25, 0.3) is 0 Å². The topological polar surface area (TPSA) is 45.5 Å². The van der Waals surface area contributed by atoms with Gasteiger partial charge in [0.15, 0.2) is 0 Å². The Hall–Kier alpha value is -1.48. The van der Waals surface area contributed by atoms with Gasteiger partial charge in [-0.25, -0.2) is 0 Å². The lowest BCUT2D eigenvalue weighted by molar-refractivity contribution is -0.0162. The van der Waals surface area contributed by atoms with E-state index in [1.807, 2.05) is 24.6 Å². The minimum atomic E-state index is -0.549. The summed E-state index contributed by atoms with van der Waals surface area (Å²) in [6.07, 6.45) is 16.6. The van der Waals surface area contributed by atoms with Gasteiger partial charge in [-0.1, -0.05) is 31.4 Å². The van der Waals surface area contributed by atoms with Gasteiger partial charge in [-0.3, -0.25) is 9.98 Å². The molecule has 1 fully saturated rings. The molecule has 1 aromatic rings. The van der Waals surface area contributed by atoms with Crippen LogP contribution in [0.4, 0.5) is 0 Å². The van der Waals surface area contributed by atoms with Crippen molar-refractivity contribution in [3.05, 3.63) is 42.2 Å². The second-order valence-corrected chi connectivity index (χ2v) is 6.24. The van der Waals surface area contributed by atoms with Gasteiger partial charge in [-0.15, -0.1) is 0 Å². The molecule has 0 amide bonds. The van der Waals surface area contributed by atoms with E-state index in [1.54, 1.807) is 6.20 Å². The highest BCUT2D eigenvalue weighted by Gasteiger charge is 2.40. The smallest absolute Gasteiger partial charge is 0.0859 e. The maximum Gasteiger partial charge on any atom is 0.0859 e. The average Bonchev–Trinajstić information content (AvgIpc) is 2.88. The standard InChI is InChI=1S/C17H22N2O/c20-17(8-2-1-3-9-17)14-16(7-5-11-19-16)12-15-6-4-10-18-13-15/h4-7,10-11,13,20H,1-3,8-9,12,14H2.